The van der Waals surface area contributed by atoms with Crippen LogP contribution in [0.4, 0.5) is 5.69 Å². The van der Waals surface area contributed by atoms with E-state index in [1.165, 1.54) is 0 Å². The average molecular weight is 195 g/mol. The van der Waals surface area contributed by atoms with Crippen LogP contribution in [0.25, 0.3) is 0 Å². The van der Waals surface area contributed by atoms with E-state index in [4.69, 9.17) is 4.74 Å². The summed E-state index contributed by atoms with van der Waals surface area (Å²) in [5.41, 5.74) is 0.700. The molecule has 5 nitrogen and oxygen atoms in total. The second-order valence-corrected chi connectivity index (χ2v) is 3.43. The van der Waals surface area contributed by atoms with E-state index in [9.17, 15) is 4.79 Å². The molecule has 76 valence electrons. The van der Waals surface area contributed by atoms with E-state index in [1.54, 1.807) is 12.3 Å². The summed E-state index contributed by atoms with van der Waals surface area (Å²) in [5.74, 6) is 0. The maximum Gasteiger partial charge on any atom is 0.266 e. The Balaban J connectivity index is 2.18. The largest absolute Gasteiger partial charge is 0.375 e. The predicted octanol–water partition coefficient (Wildman–Crippen LogP) is -0.00500. The number of aromatic amines is 1. The highest BCUT2D eigenvalue weighted by atomic mass is 16.5. The zero-order valence-electron chi connectivity index (χ0n) is 8.06. The molecule has 0 radical (unpaired) electrons. The number of H-pyrrole nitrogens is 1. The van der Waals surface area contributed by atoms with Gasteiger partial charge in [-0.25, -0.2) is 5.10 Å². The van der Waals surface area contributed by atoms with Crippen LogP contribution in [-0.4, -0.2) is 36.0 Å². The first-order valence-electron chi connectivity index (χ1n) is 4.67. The molecule has 1 saturated heterocycles. The lowest BCUT2D eigenvalue weighted by molar-refractivity contribution is 0.0532. The Morgan fingerprint density at radius 1 is 1.71 bits per heavy atom. The molecule has 1 atom stereocenters. The molecule has 0 aliphatic carbocycles. The van der Waals surface area contributed by atoms with Crippen LogP contribution in [0.5, 0.6) is 0 Å². The molecule has 1 aliphatic rings. The summed E-state index contributed by atoms with van der Waals surface area (Å²) < 4.78 is 5.41. The Hall–Kier alpha value is -1.36. The Morgan fingerprint density at radius 2 is 2.57 bits per heavy atom. The lowest BCUT2D eigenvalue weighted by atomic mass is 10.3. The fourth-order valence-electron chi connectivity index (χ4n) is 1.59. The van der Waals surface area contributed by atoms with Crippen LogP contribution in [0.1, 0.15) is 6.92 Å². The summed E-state index contributed by atoms with van der Waals surface area (Å²) in [6, 6.07) is 1.56. The van der Waals surface area contributed by atoms with E-state index in [0.717, 1.165) is 18.8 Å². The smallest absolute Gasteiger partial charge is 0.266 e. The average Bonchev–Trinajstić information content (AvgIpc) is 2.18. The van der Waals surface area contributed by atoms with Crippen molar-refractivity contribution in [1.29, 1.82) is 0 Å². The molecule has 0 amide bonds. The topological polar surface area (TPSA) is 58.2 Å². The minimum atomic E-state index is -0.165. The lowest BCUT2D eigenvalue weighted by Gasteiger charge is -2.32. The van der Waals surface area contributed by atoms with Gasteiger partial charge in [-0.2, -0.15) is 5.10 Å². The first-order valence-corrected chi connectivity index (χ1v) is 4.67. The first kappa shape index (κ1) is 9.21. The molecule has 1 aromatic rings. The molecule has 1 fully saturated rings. The van der Waals surface area contributed by atoms with Gasteiger partial charge in [0.15, 0.2) is 0 Å². The third kappa shape index (κ3) is 1.93. The second kappa shape index (κ2) is 3.79. The highest BCUT2D eigenvalue weighted by Crippen LogP contribution is 2.13. The summed E-state index contributed by atoms with van der Waals surface area (Å²) in [7, 11) is 0. The highest BCUT2D eigenvalue weighted by molar-refractivity contribution is 5.43. The number of nitrogens with zero attached hydrogens (tertiary/aromatic N) is 2. The van der Waals surface area contributed by atoms with Gasteiger partial charge in [0, 0.05) is 19.2 Å². The normalized spacial score (nSPS) is 22.4. The Bertz CT molecular complexity index is 363. The van der Waals surface area contributed by atoms with E-state index in [1.807, 2.05) is 6.92 Å². The lowest BCUT2D eigenvalue weighted by Crippen LogP contribution is -2.41. The van der Waals surface area contributed by atoms with Crippen molar-refractivity contribution < 1.29 is 4.74 Å². The molecule has 5 heteroatoms. The fraction of sp³-hybridized carbons (Fsp3) is 0.556. The number of hydrogen-bond acceptors (Lipinski definition) is 4. The van der Waals surface area contributed by atoms with Crippen molar-refractivity contribution in [2.75, 3.05) is 24.6 Å². The highest BCUT2D eigenvalue weighted by Gasteiger charge is 2.17. The zero-order chi connectivity index (χ0) is 9.97. The van der Waals surface area contributed by atoms with Crippen molar-refractivity contribution in [1.82, 2.24) is 10.2 Å². The Kier molecular flexibility index (Phi) is 2.49. The van der Waals surface area contributed by atoms with Crippen LogP contribution >= 0.6 is 0 Å². The second-order valence-electron chi connectivity index (χ2n) is 3.43. The number of morpholine rings is 1. The summed E-state index contributed by atoms with van der Waals surface area (Å²) >= 11 is 0. The molecule has 1 aromatic heterocycles. The van der Waals surface area contributed by atoms with Gasteiger partial charge in [-0.1, -0.05) is 0 Å². The molecule has 2 rings (SSSR count). The van der Waals surface area contributed by atoms with Crippen molar-refractivity contribution in [3.63, 3.8) is 0 Å². The van der Waals surface area contributed by atoms with Crippen LogP contribution < -0.4 is 10.5 Å². The van der Waals surface area contributed by atoms with Gasteiger partial charge >= 0.3 is 0 Å². The summed E-state index contributed by atoms with van der Waals surface area (Å²) in [6.07, 6.45) is 1.88. The minimum absolute atomic E-state index is 0.165. The molecule has 0 bridgehead atoms. The van der Waals surface area contributed by atoms with Crippen molar-refractivity contribution in [3.8, 4) is 0 Å². The predicted molar refractivity (Wildman–Crippen MR) is 52.5 cm³/mol. The van der Waals surface area contributed by atoms with Crippen LogP contribution in [0.15, 0.2) is 17.1 Å². The SMILES string of the molecule is CC1CN(c2cn[nH]c(=O)c2)CCO1. The number of ether oxygens (including phenoxy) is 1. The fourth-order valence-corrected chi connectivity index (χ4v) is 1.59. The van der Waals surface area contributed by atoms with Crippen LogP contribution in [-0.2, 0) is 4.74 Å². The Morgan fingerprint density at radius 3 is 3.29 bits per heavy atom. The van der Waals surface area contributed by atoms with Crippen molar-refractivity contribution >= 4 is 5.69 Å². The van der Waals surface area contributed by atoms with Gasteiger partial charge in [0.1, 0.15) is 0 Å². The number of aromatic nitrogens is 2. The summed E-state index contributed by atoms with van der Waals surface area (Å²) in [5, 5.41) is 6.12. The molecule has 0 spiro atoms. The zero-order valence-corrected chi connectivity index (χ0v) is 8.06. The van der Waals surface area contributed by atoms with Gasteiger partial charge in [-0.15, -0.1) is 0 Å². The van der Waals surface area contributed by atoms with Crippen molar-refractivity contribution in [2.45, 2.75) is 13.0 Å². The van der Waals surface area contributed by atoms with Crippen molar-refractivity contribution in [3.05, 3.63) is 22.6 Å². The number of nitrogens with one attached hydrogen (secondary N) is 1. The quantitative estimate of drug-likeness (QED) is 0.685. The van der Waals surface area contributed by atoms with E-state index in [2.05, 4.69) is 15.1 Å². The molecule has 0 saturated carbocycles. The molecular weight excluding hydrogens is 182 g/mol. The minimum Gasteiger partial charge on any atom is -0.375 e. The standard InChI is InChI=1S/C9H13N3O2/c1-7-6-12(2-3-14-7)8-4-9(13)11-10-5-8/h4-5,7H,2-3,6H2,1H3,(H,11,13). The summed E-state index contributed by atoms with van der Waals surface area (Å²) in [4.78, 5) is 13.1. The third-order valence-corrected chi connectivity index (χ3v) is 2.26. The van der Waals surface area contributed by atoms with Gasteiger partial charge in [-0.05, 0) is 6.92 Å². The van der Waals surface area contributed by atoms with Gasteiger partial charge < -0.3 is 9.64 Å². The summed E-state index contributed by atoms with van der Waals surface area (Å²) in [6.45, 7) is 4.35. The molecule has 2 heterocycles. The number of hydrogen-bond donors (Lipinski definition) is 1. The van der Waals surface area contributed by atoms with Crippen LogP contribution in [0, 0.1) is 0 Å². The van der Waals surface area contributed by atoms with Gasteiger partial charge in [-0.3, -0.25) is 4.79 Å². The number of rotatable bonds is 1. The van der Waals surface area contributed by atoms with Gasteiger partial charge in [0.2, 0.25) is 0 Å². The monoisotopic (exact) mass is 195 g/mol. The number of anilines is 1. The molecule has 1 aliphatic heterocycles. The molecular formula is C9H13N3O2. The van der Waals surface area contributed by atoms with Gasteiger partial charge in [0.25, 0.3) is 5.56 Å². The van der Waals surface area contributed by atoms with E-state index < -0.39 is 0 Å². The molecule has 1 unspecified atom stereocenters. The molecule has 0 aromatic carbocycles. The van der Waals surface area contributed by atoms with Gasteiger partial charge in [0.05, 0.1) is 24.6 Å². The van der Waals surface area contributed by atoms with Crippen LogP contribution in [0.2, 0.25) is 0 Å². The first-order chi connectivity index (χ1) is 6.75. The maximum atomic E-state index is 11.0. The van der Waals surface area contributed by atoms with Crippen molar-refractivity contribution in [2.24, 2.45) is 0 Å². The molecule has 14 heavy (non-hydrogen) atoms. The third-order valence-electron chi connectivity index (χ3n) is 2.26. The van der Waals surface area contributed by atoms with Crippen LogP contribution in [0.3, 0.4) is 0 Å². The van der Waals surface area contributed by atoms with E-state index in [0.29, 0.717) is 6.61 Å². The molecule has 1 N–H and O–H groups in total. The van der Waals surface area contributed by atoms with E-state index in [-0.39, 0.29) is 11.7 Å². The maximum absolute atomic E-state index is 11.0. The Labute approximate surface area is 81.7 Å². The van der Waals surface area contributed by atoms with E-state index >= 15 is 0 Å².